The molecule has 3 aromatic heterocycles. The molecule has 0 bridgehead atoms. The van der Waals surface area contributed by atoms with E-state index in [4.69, 9.17) is 0 Å². The van der Waals surface area contributed by atoms with Gasteiger partial charge in [-0.15, -0.1) is 5.10 Å². The number of rotatable bonds is 6. The predicted molar refractivity (Wildman–Crippen MR) is 137 cm³/mol. The normalized spacial score (nSPS) is 16.5. The molecule has 1 amide bonds. The molecule has 1 unspecified atom stereocenters. The Morgan fingerprint density at radius 3 is 2.78 bits per heavy atom. The Bertz CT molecular complexity index is 1490. The average Bonchev–Trinajstić information content (AvgIpc) is 3.69. The fourth-order valence-corrected chi connectivity index (χ4v) is 4.98. The maximum absolute atomic E-state index is 13.3. The Hall–Kier alpha value is -4.33. The van der Waals surface area contributed by atoms with Crippen molar-refractivity contribution >= 4 is 16.9 Å². The Balaban J connectivity index is 1.17. The van der Waals surface area contributed by atoms with Crippen molar-refractivity contribution in [3.63, 3.8) is 0 Å². The molecule has 0 spiro atoms. The molecule has 1 fully saturated rings. The average molecular weight is 478 g/mol. The third kappa shape index (κ3) is 4.15. The molecule has 5 aromatic rings. The topological polar surface area (TPSA) is 92.6 Å². The van der Waals surface area contributed by atoms with Crippen molar-refractivity contribution in [1.29, 1.82) is 0 Å². The first kappa shape index (κ1) is 22.2. The molecule has 1 aliphatic heterocycles. The van der Waals surface area contributed by atoms with Crippen molar-refractivity contribution in [3.05, 3.63) is 96.1 Å². The third-order valence-corrected chi connectivity index (χ3v) is 6.93. The number of likely N-dealkylation sites (tertiary alicyclic amines) is 1. The van der Waals surface area contributed by atoms with Crippen LogP contribution in [-0.2, 0) is 0 Å². The van der Waals surface area contributed by atoms with Gasteiger partial charge in [0, 0.05) is 42.5 Å². The predicted octanol–water partition coefficient (Wildman–Crippen LogP) is 4.85. The summed E-state index contributed by atoms with van der Waals surface area (Å²) >= 11 is 0. The molecule has 0 saturated carbocycles. The van der Waals surface area contributed by atoms with Gasteiger partial charge in [-0.3, -0.25) is 9.78 Å². The van der Waals surface area contributed by atoms with E-state index in [-0.39, 0.29) is 17.9 Å². The number of nitrogens with one attached hydrogen (secondary N) is 1. The van der Waals surface area contributed by atoms with Gasteiger partial charge in [-0.1, -0.05) is 48.5 Å². The summed E-state index contributed by atoms with van der Waals surface area (Å²) in [7, 11) is 0. The Kier molecular flexibility index (Phi) is 5.77. The fraction of sp³-hybridized carbons (Fsp3) is 0.250. The Labute approximate surface area is 209 Å². The summed E-state index contributed by atoms with van der Waals surface area (Å²) in [5.74, 6) is 1.00. The van der Waals surface area contributed by atoms with E-state index in [9.17, 15) is 4.79 Å². The zero-order chi connectivity index (χ0) is 24.5. The van der Waals surface area contributed by atoms with E-state index in [0.29, 0.717) is 18.7 Å². The van der Waals surface area contributed by atoms with Crippen LogP contribution in [0.3, 0.4) is 0 Å². The van der Waals surface area contributed by atoms with Crippen LogP contribution in [0.1, 0.15) is 53.5 Å². The largest absolute Gasteiger partial charge is 0.338 e. The van der Waals surface area contributed by atoms with Gasteiger partial charge in [-0.25, -0.2) is 9.67 Å². The van der Waals surface area contributed by atoms with Gasteiger partial charge in [0.25, 0.3) is 5.91 Å². The van der Waals surface area contributed by atoms with Gasteiger partial charge in [-0.2, -0.15) is 0 Å². The molecule has 8 nitrogen and oxygen atoms in total. The maximum atomic E-state index is 13.3. The molecule has 0 radical (unpaired) electrons. The molecule has 2 aromatic carbocycles. The van der Waals surface area contributed by atoms with Crippen LogP contribution in [-0.4, -0.2) is 53.8 Å². The molecule has 4 heterocycles. The van der Waals surface area contributed by atoms with Crippen LogP contribution in [0.2, 0.25) is 0 Å². The van der Waals surface area contributed by atoms with Crippen LogP contribution < -0.4 is 0 Å². The van der Waals surface area contributed by atoms with Crippen molar-refractivity contribution in [2.75, 3.05) is 13.1 Å². The SMILES string of the molecule is CC[C@@H](c1ccccn1)n1cc(C2CCN(C(=O)c3ccc4nc(-c5ccccc5)[nH]c4c3)C2)nn1. The number of amides is 1. The lowest BCUT2D eigenvalue weighted by molar-refractivity contribution is 0.0791. The summed E-state index contributed by atoms with van der Waals surface area (Å²) in [4.78, 5) is 27.8. The highest BCUT2D eigenvalue weighted by Gasteiger charge is 2.30. The molecule has 6 rings (SSSR count). The zero-order valence-corrected chi connectivity index (χ0v) is 20.1. The molecule has 1 aliphatic rings. The first-order valence-electron chi connectivity index (χ1n) is 12.4. The van der Waals surface area contributed by atoms with Gasteiger partial charge in [-0.05, 0) is 43.2 Å². The number of hydrogen-bond donors (Lipinski definition) is 1. The smallest absolute Gasteiger partial charge is 0.253 e. The second kappa shape index (κ2) is 9.37. The first-order chi connectivity index (χ1) is 17.7. The summed E-state index contributed by atoms with van der Waals surface area (Å²) in [5, 5.41) is 8.88. The molecular weight excluding hydrogens is 450 g/mol. The van der Waals surface area contributed by atoms with Crippen molar-refractivity contribution in [2.45, 2.75) is 31.7 Å². The van der Waals surface area contributed by atoms with Crippen LogP contribution >= 0.6 is 0 Å². The number of carbonyl (C=O) groups excluding carboxylic acids is 1. The standard InChI is InChI=1S/C28H27N7O/c1-2-26(23-10-6-7-14-29-23)35-18-25(32-33-35)21-13-15-34(17-21)28(36)20-11-12-22-24(16-20)31-27(30-22)19-8-4-3-5-9-19/h3-12,14,16,18,21,26H,2,13,15,17H2,1H3,(H,30,31)/t21?,26-/m0/s1. The number of carbonyl (C=O) groups is 1. The van der Waals surface area contributed by atoms with E-state index in [1.165, 1.54) is 0 Å². The second-order valence-corrected chi connectivity index (χ2v) is 9.22. The number of H-pyrrole nitrogens is 1. The Morgan fingerprint density at radius 1 is 1.11 bits per heavy atom. The van der Waals surface area contributed by atoms with Crippen molar-refractivity contribution in [2.24, 2.45) is 0 Å². The van der Waals surface area contributed by atoms with Crippen LogP contribution in [0.25, 0.3) is 22.4 Å². The maximum Gasteiger partial charge on any atom is 0.253 e. The Morgan fingerprint density at radius 2 is 1.97 bits per heavy atom. The molecular formula is C28H27N7O. The van der Waals surface area contributed by atoms with E-state index in [1.807, 2.05) is 82.5 Å². The monoisotopic (exact) mass is 477 g/mol. The number of aromatic nitrogens is 6. The lowest BCUT2D eigenvalue weighted by Gasteiger charge is -2.16. The minimum Gasteiger partial charge on any atom is -0.338 e. The highest BCUT2D eigenvalue weighted by Crippen LogP contribution is 2.29. The van der Waals surface area contributed by atoms with Gasteiger partial charge in [0.2, 0.25) is 0 Å². The third-order valence-electron chi connectivity index (χ3n) is 6.93. The fourth-order valence-electron chi connectivity index (χ4n) is 4.98. The summed E-state index contributed by atoms with van der Waals surface area (Å²) in [5.41, 5.74) is 5.29. The van der Waals surface area contributed by atoms with E-state index >= 15 is 0 Å². The molecule has 8 heteroatoms. The van der Waals surface area contributed by atoms with Crippen LogP contribution in [0.15, 0.2) is 79.1 Å². The number of aromatic amines is 1. The lowest BCUT2D eigenvalue weighted by atomic mass is 10.1. The summed E-state index contributed by atoms with van der Waals surface area (Å²) in [6.45, 7) is 3.45. The van der Waals surface area contributed by atoms with E-state index < -0.39 is 0 Å². The number of hydrogen-bond acceptors (Lipinski definition) is 5. The van der Waals surface area contributed by atoms with Crippen molar-refractivity contribution in [1.82, 2.24) is 34.8 Å². The number of benzene rings is 2. The number of pyridine rings is 1. The van der Waals surface area contributed by atoms with Gasteiger partial charge < -0.3 is 9.88 Å². The number of fused-ring (bicyclic) bond motifs is 1. The van der Waals surface area contributed by atoms with Crippen molar-refractivity contribution in [3.8, 4) is 11.4 Å². The second-order valence-electron chi connectivity index (χ2n) is 9.22. The van der Waals surface area contributed by atoms with Gasteiger partial charge in [0.05, 0.1) is 28.5 Å². The summed E-state index contributed by atoms with van der Waals surface area (Å²) in [6, 6.07) is 21.6. The summed E-state index contributed by atoms with van der Waals surface area (Å²) < 4.78 is 1.90. The zero-order valence-electron chi connectivity index (χ0n) is 20.1. The minimum atomic E-state index is 0.0302. The van der Waals surface area contributed by atoms with Crippen LogP contribution in [0, 0.1) is 0 Å². The molecule has 1 saturated heterocycles. The van der Waals surface area contributed by atoms with Crippen LogP contribution in [0.5, 0.6) is 0 Å². The van der Waals surface area contributed by atoms with E-state index in [2.05, 4.69) is 32.2 Å². The quantitative estimate of drug-likeness (QED) is 0.378. The first-order valence-corrected chi connectivity index (χ1v) is 12.4. The number of imidazole rings is 1. The van der Waals surface area contributed by atoms with E-state index in [1.54, 1.807) is 6.20 Å². The minimum absolute atomic E-state index is 0.0302. The van der Waals surface area contributed by atoms with E-state index in [0.717, 1.165) is 46.7 Å². The van der Waals surface area contributed by atoms with Gasteiger partial charge >= 0.3 is 0 Å². The molecule has 36 heavy (non-hydrogen) atoms. The molecule has 180 valence electrons. The lowest BCUT2D eigenvalue weighted by Crippen LogP contribution is -2.28. The van der Waals surface area contributed by atoms with Crippen LogP contribution in [0.4, 0.5) is 0 Å². The highest BCUT2D eigenvalue weighted by molar-refractivity contribution is 5.98. The molecule has 0 aliphatic carbocycles. The summed E-state index contributed by atoms with van der Waals surface area (Å²) in [6.07, 6.45) is 5.56. The van der Waals surface area contributed by atoms with Gasteiger partial charge in [0.1, 0.15) is 5.82 Å². The highest BCUT2D eigenvalue weighted by atomic mass is 16.2. The number of nitrogens with zero attached hydrogens (tertiary/aromatic N) is 6. The molecule has 1 N–H and O–H groups in total. The van der Waals surface area contributed by atoms with Crippen molar-refractivity contribution < 1.29 is 4.79 Å². The van der Waals surface area contributed by atoms with Gasteiger partial charge in [0.15, 0.2) is 0 Å². The molecule has 2 atom stereocenters.